The molecule has 0 atom stereocenters. The maximum Gasteiger partial charge on any atom is 0.338 e. The van der Waals surface area contributed by atoms with Crippen LogP contribution >= 0.6 is 0 Å². The first-order chi connectivity index (χ1) is 13.1. The monoisotopic (exact) mass is 364 g/mol. The molecule has 0 amide bonds. The number of benzene rings is 2. The molecule has 138 valence electrons. The molecule has 3 N–H and O–H groups in total. The first-order valence-electron chi connectivity index (χ1n) is 8.42. The zero-order valence-electron chi connectivity index (χ0n) is 15.1. The number of anilines is 3. The standard InChI is InChI=1S/C20H20N4O3/c1-3-27-19(25)14-5-4-6-15(11-14)23-20-22-10-9-17(24-20)13-7-8-18(26-2)16(21)12-13/h4-12H,3,21H2,1-2H3,(H,22,23,24). The second kappa shape index (κ2) is 8.18. The van der Waals surface area contributed by atoms with Gasteiger partial charge in [0.1, 0.15) is 5.75 Å². The number of aromatic nitrogens is 2. The largest absolute Gasteiger partial charge is 0.495 e. The van der Waals surface area contributed by atoms with E-state index in [2.05, 4.69) is 15.3 Å². The highest BCUT2D eigenvalue weighted by molar-refractivity contribution is 5.90. The van der Waals surface area contributed by atoms with E-state index >= 15 is 0 Å². The topological polar surface area (TPSA) is 99.4 Å². The number of nitrogen functional groups attached to an aromatic ring is 1. The van der Waals surface area contributed by atoms with Gasteiger partial charge in [0.05, 0.1) is 30.7 Å². The molecule has 7 heteroatoms. The summed E-state index contributed by atoms with van der Waals surface area (Å²) in [5.74, 6) is 0.648. The van der Waals surface area contributed by atoms with E-state index in [0.717, 1.165) is 5.56 Å². The Hall–Kier alpha value is -3.61. The molecule has 3 rings (SSSR count). The fourth-order valence-electron chi connectivity index (χ4n) is 2.54. The van der Waals surface area contributed by atoms with E-state index in [4.69, 9.17) is 15.2 Å². The summed E-state index contributed by atoms with van der Waals surface area (Å²) in [5.41, 5.74) is 9.21. The van der Waals surface area contributed by atoms with Crippen LogP contribution in [0.1, 0.15) is 17.3 Å². The van der Waals surface area contributed by atoms with Crippen molar-refractivity contribution in [3.05, 3.63) is 60.3 Å². The van der Waals surface area contributed by atoms with Crippen LogP contribution in [-0.2, 0) is 4.74 Å². The van der Waals surface area contributed by atoms with Gasteiger partial charge in [-0.25, -0.2) is 14.8 Å². The summed E-state index contributed by atoms with van der Waals surface area (Å²) in [7, 11) is 1.57. The zero-order valence-corrected chi connectivity index (χ0v) is 15.1. The number of carbonyl (C=O) groups is 1. The Morgan fingerprint density at radius 1 is 1.19 bits per heavy atom. The number of nitrogens with one attached hydrogen (secondary N) is 1. The van der Waals surface area contributed by atoms with Gasteiger partial charge in [-0.05, 0) is 49.4 Å². The molecule has 27 heavy (non-hydrogen) atoms. The van der Waals surface area contributed by atoms with Gasteiger partial charge in [-0.15, -0.1) is 0 Å². The molecule has 0 saturated carbocycles. The van der Waals surface area contributed by atoms with Crippen molar-refractivity contribution >= 4 is 23.3 Å². The highest BCUT2D eigenvalue weighted by atomic mass is 16.5. The molecule has 0 saturated heterocycles. The Balaban J connectivity index is 1.83. The summed E-state index contributed by atoms with van der Waals surface area (Å²) < 4.78 is 10.2. The highest BCUT2D eigenvalue weighted by Gasteiger charge is 2.09. The van der Waals surface area contributed by atoms with E-state index in [1.165, 1.54) is 0 Å². The quantitative estimate of drug-likeness (QED) is 0.509. The van der Waals surface area contributed by atoms with Gasteiger partial charge in [0.2, 0.25) is 5.95 Å². The summed E-state index contributed by atoms with van der Waals surface area (Å²) in [5, 5.41) is 3.10. The molecule has 1 aromatic heterocycles. The van der Waals surface area contributed by atoms with Crippen LogP contribution in [0.2, 0.25) is 0 Å². The molecule has 0 aliphatic rings. The number of nitrogens with two attached hydrogens (primary N) is 1. The van der Waals surface area contributed by atoms with Crippen molar-refractivity contribution < 1.29 is 14.3 Å². The van der Waals surface area contributed by atoms with Crippen LogP contribution in [0.15, 0.2) is 54.7 Å². The molecule has 7 nitrogen and oxygen atoms in total. The van der Waals surface area contributed by atoms with E-state index in [0.29, 0.717) is 40.9 Å². The maximum absolute atomic E-state index is 11.9. The number of hydrogen-bond donors (Lipinski definition) is 2. The normalized spacial score (nSPS) is 10.3. The number of nitrogens with zero attached hydrogens (tertiary/aromatic N) is 2. The molecule has 0 radical (unpaired) electrons. The molecule has 0 aliphatic heterocycles. The SMILES string of the molecule is CCOC(=O)c1cccc(Nc2nccc(-c3ccc(OC)c(N)c3)n2)c1. The van der Waals surface area contributed by atoms with Crippen LogP contribution in [0.5, 0.6) is 5.75 Å². The van der Waals surface area contributed by atoms with Crippen LogP contribution in [0, 0.1) is 0 Å². The number of ether oxygens (including phenoxy) is 2. The molecular formula is C20H20N4O3. The van der Waals surface area contributed by atoms with Crippen LogP contribution in [0.3, 0.4) is 0 Å². The fourth-order valence-corrected chi connectivity index (χ4v) is 2.54. The van der Waals surface area contributed by atoms with E-state index in [9.17, 15) is 4.79 Å². The Labute approximate surface area is 157 Å². The summed E-state index contributed by atoms with van der Waals surface area (Å²) in [6.07, 6.45) is 1.65. The zero-order chi connectivity index (χ0) is 19.2. The van der Waals surface area contributed by atoms with Crippen LogP contribution in [0.25, 0.3) is 11.3 Å². The van der Waals surface area contributed by atoms with E-state index in [1.54, 1.807) is 56.6 Å². The molecule has 3 aromatic rings. The van der Waals surface area contributed by atoms with Gasteiger partial charge in [0.15, 0.2) is 0 Å². The Morgan fingerprint density at radius 2 is 2.04 bits per heavy atom. The van der Waals surface area contributed by atoms with Gasteiger partial charge < -0.3 is 20.5 Å². The molecule has 0 fully saturated rings. The van der Waals surface area contributed by atoms with Gasteiger partial charge >= 0.3 is 5.97 Å². The highest BCUT2D eigenvalue weighted by Crippen LogP contribution is 2.28. The first-order valence-corrected chi connectivity index (χ1v) is 8.42. The van der Waals surface area contributed by atoms with Crippen molar-refractivity contribution in [2.45, 2.75) is 6.92 Å². The number of hydrogen-bond acceptors (Lipinski definition) is 7. The lowest BCUT2D eigenvalue weighted by Gasteiger charge is -2.09. The predicted octanol–water partition coefficient (Wildman–Crippen LogP) is 3.65. The lowest BCUT2D eigenvalue weighted by molar-refractivity contribution is 0.0526. The van der Waals surface area contributed by atoms with Crippen molar-refractivity contribution in [1.29, 1.82) is 0 Å². The minimum absolute atomic E-state index is 0.326. The van der Waals surface area contributed by atoms with Crippen molar-refractivity contribution in [2.75, 3.05) is 24.8 Å². The average Bonchev–Trinajstić information content (AvgIpc) is 2.68. The molecule has 2 aromatic carbocycles. The minimum atomic E-state index is -0.371. The summed E-state index contributed by atoms with van der Waals surface area (Å²) in [4.78, 5) is 20.6. The van der Waals surface area contributed by atoms with Crippen molar-refractivity contribution in [2.24, 2.45) is 0 Å². The second-order valence-corrected chi connectivity index (χ2v) is 5.65. The molecule has 0 spiro atoms. The number of methoxy groups -OCH3 is 1. The van der Waals surface area contributed by atoms with Gasteiger partial charge in [-0.3, -0.25) is 0 Å². The Bertz CT molecular complexity index is 959. The fraction of sp³-hybridized carbons (Fsp3) is 0.150. The molecular weight excluding hydrogens is 344 g/mol. The number of rotatable bonds is 6. The van der Waals surface area contributed by atoms with E-state index in [-0.39, 0.29) is 5.97 Å². The van der Waals surface area contributed by atoms with Crippen molar-refractivity contribution in [1.82, 2.24) is 9.97 Å². The average molecular weight is 364 g/mol. The smallest absolute Gasteiger partial charge is 0.338 e. The Morgan fingerprint density at radius 3 is 2.78 bits per heavy atom. The van der Waals surface area contributed by atoms with Gasteiger partial charge in [0.25, 0.3) is 0 Å². The van der Waals surface area contributed by atoms with E-state index < -0.39 is 0 Å². The lowest BCUT2D eigenvalue weighted by atomic mass is 10.1. The maximum atomic E-state index is 11.9. The summed E-state index contributed by atoms with van der Waals surface area (Å²) >= 11 is 0. The van der Waals surface area contributed by atoms with Crippen LogP contribution in [-0.4, -0.2) is 29.7 Å². The van der Waals surface area contributed by atoms with Crippen LogP contribution in [0.4, 0.5) is 17.3 Å². The first kappa shape index (κ1) is 18.2. The second-order valence-electron chi connectivity index (χ2n) is 5.65. The van der Waals surface area contributed by atoms with Crippen molar-refractivity contribution in [3.63, 3.8) is 0 Å². The van der Waals surface area contributed by atoms with Gasteiger partial charge in [-0.1, -0.05) is 6.07 Å². The molecule has 1 heterocycles. The van der Waals surface area contributed by atoms with Crippen molar-refractivity contribution in [3.8, 4) is 17.0 Å². The lowest BCUT2D eigenvalue weighted by Crippen LogP contribution is -2.05. The van der Waals surface area contributed by atoms with Crippen LogP contribution < -0.4 is 15.8 Å². The number of esters is 1. The minimum Gasteiger partial charge on any atom is -0.495 e. The molecule has 0 unspecified atom stereocenters. The summed E-state index contributed by atoms with van der Waals surface area (Å²) in [6.45, 7) is 2.10. The van der Waals surface area contributed by atoms with Gasteiger partial charge in [-0.2, -0.15) is 0 Å². The third kappa shape index (κ3) is 4.33. The Kier molecular flexibility index (Phi) is 5.51. The predicted molar refractivity (Wildman–Crippen MR) is 104 cm³/mol. The third-order valence-corrected chi connectivity index (χ3v) is 3.81. The summed E-state index contributed by atoms with van der Waals surface area (Å²) in [6, 6.07) is 14.2. The van der Waals surface area contributed by atoms with E-state index in [1.807, 2.05) is 12.1 Å². The molecule has 0 aliphatic carbocycles. The van der Waals surface area contributed by atoms with Gasteiger partial charge in [0, 0.05) is 17.4 Å². The number of carbonyl (C=O) groups excluding carboxylic acids is 1. The molecule has 0 bridgehead atoms. The third-order valence-electron chi connectivity index (χ3n) is 3.81.